The van der Waals surface area contributed by atoms with Crippen molar-refractivity contribution in [2.24, 2.45) is 0 Å². The maximum atomic E-state index is 5.94. The zero-order valence-corrected chi connectivity index (χ0v) is 9.38. The first kappa shape index (κ1) is 9.48. The average molecular weight is 233 g/mol. The first-order chi connectivity index (χ1) is 7.78. The van der Waals surface area contributed by atoms with E-state index >= 15 is 0 Å². The standard InChI is InChI=1S/C12H9ClN2O/c1-16-8-2-3-11-9(5-8)10-4-7(13)6-14-12(10)15-11/h2-6H,1H3,(H,14,15). The summed E-state index contributed by atoms with van der Waals surface area (Å²) >= 11 is 5.94. The van der Waals surface area contributed by atoms with Gasteiger partial charge in [0, 0.05) is 22.5 Å². The van der Waals surface area contributed by atoms with Crippen LogP contribution in [0.15, 0.2) is 30.5 Å². The molecule has 0 atom stereocenters. The molecule has 0 amide bonds. The molecule has 3 aromatic rings. The predicted octanol–water partition coefficient (Wildman–Crippen LogP) is 3.38. The van der Waals surface area contributed by atoms with E-state index in [1.165, 1.54) is 0 Å². The lowest BCUT2D eigenvalue weighted by molar-refractivity contribution is 0.415. The van der Waals surface area contributed by atoms with Crippen molar-refractivity contribution in [3.05, 3.63) is 35.5 Å². The van der Waals surface area contributed by atoms with Crippen LogP contribution >= 0.6 is 11.6 Å². The van der Waals surface area contributed by atoms with Crippen molar-refractivity contribution in [1.82, 2.24) is 9.97 Å². The molecular weight excluding hydrogens is 224 g/mol. The van der Waals surface area contributed by atoms with Crippen LogP contribution in [0.4, 0.5) is 0 Å². The van der Waals surface area contributed by atoms with E-state index in [0.29, 0.717) is 5.02 Å². The fourth-order valence-electron chi connectivity index (χ4n) is 1.85. The maximum absolute atomic E-state index is 5.94. The van der Waals surface area contributed by atoms with Crippen LogP contribution in [0.25, 0.3) is 21.9 Å². The molecule has 0 bridgehead atoms. The molecular formula is C12H9ClN2O. The van der Waals surface area contributed by atoms with Crippen LogP contribution in [-0.2, 0) is 0 Å². The Morgan fingerprint density at radius 2 is 2.12 bits per heavy atom. The van der Waals surface area contributed by atoms with Crippen molar-refractivity contribution in [3.63, 3.8) is 0 Å². The molecule has 0 radical (unpaired) electrons. The van der Waals surface area contributed by atoms with Gasteiger partial charge in [0.05, 0.1) is 12.1 Å². The van der Waals surface area contributed by atoms with E-state index in [1.54, 1.807) is 13.3 Å². The summed E-state index contributed by atoms with van der Waals surface area (Å²) in [7, 11) is 1.65. The van der Waals surface area contributed by atoms with E-state index in [1.807, 2.05) is 24.3 Å². The van der Waals surface area contributed by atoms with Crippen molar-refractivity contribution in [2.45, 2.75) is 0 Å². The number of rotatable bonds is 1. The number of nitrogens with one attached hydrogen (secondary N) is 1. The van der Waals surface area contributed by atoms with Crippen LogP contribution in [0.5, 0.6) is 5.75 Å². The molecule has 0 spiro atoms. The second kappa shape index (κ2) is 3.39. The largest absolute Gasteiger partial charge is 0.497 e. The Kier molecular flexibility index (Phi) is 2.01. The lowest BCUT2D eigenvalue weighted by Gasteiger charge is -1.98. The van der Waals surface area contributed by atoms with E-state index < -0.39 is 0 Å². The van der Waals surface area contributed by atoms with Gasteiger partial charge in [-0.15, -0.1) is 0 Å². The highest BCUT2D eigenvalue weighted by Crippen LogP contribution is 2.28. The smallest absolute Gasteiger partial charge is 0.138 e. The molecule has 16 heavy (non-hydrogen) atoms. The van der Waals surface area contributed by atoms with E-state index in [-0.39, 0.29) is 0 Å². The number of aromatic amines is 1. The Balaban J connectivity index is 2.44. The molecule has 1 aromatic carbocycles. The molecule has 0 aliphatic heterocycles. The molecule has 0 saturated carbocycles. The normalized spacial score (nSPS) is 11.1. The number of hydrogen-bond acceptors (Lipinski definition) is 2. The van der Waals surface area contributed by atoms with E-state index in [2.05, 4.69) is 9.97 Å². The Hall–Kier alpha value is -1.74. The number of aromatic nitrogens is 2. The molecule has 2 heterocycles. The summed E-state index contributed by atoms with van der Waals surface area (Å²) in [6.07, 6.45) is 1.64. The number of hydrogen-bond donors (Lipinski definition) is 1. The summed E-state index contributed by atoms with van der Waals surface area (Å²) in [5, 5.41) is 2.72. The van der Waals surface area contributed by atoms with E-state index in [9.17, 15) is 0 Å². The van der Waals surface area contributed by atoms with Crippen LogP contribution in [0, 0.1) is 0 Å². The van der Waals surface area contributed by atoms with Gasteiger partial charge in [-0.1, -0.05) is 11.6 Å². The van der Waals surface area contributed by atoms with E-state index in [4.69, 9.17) is 16.3 Å². The second-order valence-electron chi connectivity index (χ2n) is 3.59. The minimum absolute atomic E-state index is 0.635. The van der Waals surface area contributed by atoms with Crippen molar-refractivity contribution in [3.8, 4) is 5.75 Å². The minimum Gasteiger partial charge on any atom is -0.497 e. The number of methoxy groups -OCH3 is 1. The Morgan fingerprint density at radius 3 is 2.94 bits per heavy atom. The summed E-state index contributed by atoms with van der Waals surface area (Å²) in [6, 6.07) is 7.78. The number of H-pyrrole nitrogens is 1. The van der Waals surface area contributed by atoms with Gasteiger partial charge in [-0.05, 0) is 24.3 Å². The highest BCUT2D eigenvalue weighted by atomic mass is 35.5. The average Bonchev–Trinajstić information content (AvgIpc) is 2.66. The molecule has 1 N–H and O–H groups in total. The monoisotopic (exact) mass is 232 g/mol. The van der Waals surface area contributed by atoms with Gasteiger partial charge < -0.3 is 9.72 Å². The summed E-state index contributed by atoms with van der Waals surface area (Å²) in [6.45, 7) is 0. The van der Waals surface area contributed by atoms with Gasteiger partial charge >= 0.3 is 0 Å². The lowest BCUT2D eigenvalue weighted by atomic mass is 10.2. The molecule has 0 aliphatic carbocycles. The van der Waals surface area contributed by atoms with Crippen molar-refractivity contribution in [1.29, 1.82) is 0 Å². The lowest BCUT2D eigenvalue weighted by Crippen LogP contribution is -1.80. The first-order valence-corrected chi connectivity index (χ1v) is 5.27. The first-order valence-electron chi connectivity index (χ1n) is 4.89. The van der Waals surface area contributed by atoms with Crippen molar-refractivity contribution >= 4 is 33.5 Å². The molecule has 80 valence electrons. The molecule has 0 saturated heterocycles. The molecule has 3 rings (SSSR count). The number of benzene rings is 1. The molecule has 0 fully saturated rings. The van der Waals surface area contributed by atoms with Gasteiger partial charge in [-0.25, -0.2) is 4.98 Å². The summed E-state index contributed by atoms with van der Waals surface area (Å²) < 4.78 is 5.20. The molecule has 2 aromatic heterocycles. The third-order valence-electron chi connectivity index (χ3n) is 2.62. The SMILES string of the molecule is COc1ccc2[nH]c3ncc(Cl)cc3c2c1. The second-order valence-corrected chi connectivity index (χ2v) is 4.02. The fourth-order valence-corrected chi connectivity index (χ4v) is 2.01. The van der Waals surface area contributed by atoms with E-state index in [0.717, 1.165) is 27.7 Å². The Bertz CT molecular complexity index is 675. The van der Waals surface area contributed by atoms with Crippen LogP contribution in [-0.4, -0.2) is 17.1 Å². The van der Waals surface area contributed by atoms with Gasteiger partial charge in [0.1, 0.15) is 11.4 Å². The van der Waals surface area contributed by atoms with Gasteiger partial charge in [-0.2, -0.15) is 0 Å². The molecule has 3 nitrogen and oxygen atoms in total. The number of fused-ring (bicyclic) bond motifs is 3. The topological polar surface area (TPSA) is 37.9 Å². The highest BCUT2D eigenvalue weighted by Gasteiger charge is 2.06. The quantitative estimate of drug-likeness (QED) is 0.699. The highest BCUT2D eigenvalue weighted by molar-refractivity contribution is 6.31. The minimum atomic E-state index is 0.635. The summed E-state index contributed by atoms with van der Waals surface area (Å²) in [5.74, 6) is 0.827. The van der Waals surface area contributed by atoms with Crippen LogP contribution < -0.4 is 4.74 Å². The van der Waals surface area contributed by atoms with Gasteiger partial charge in [0.25, 0.3) is 0 Å². The van der Waals surface area contributed by atoms with Crippen LogP contribution in [0.3, 0.4) is 0 Å². The van der Waals surface area contributed by atoms with Crippen LogP contribution in [0.2, 0.25) is 5.02 Å². The molecule has 4 heteroatoms. The predicted molar refractivity (Wildman–Crippen MR) is 65.2 cm³/mol. The molecule has 0 unspecified atom stereocenters. The summed E-state index contributed by atoms with van der Waals surface area (Å²) in [4.78, 5) is 7.48. The zero-order valence-electron chi connectivity index (χ0n) is 8.62. The van der Waals surface area contributed by atoms with Gasteiger partial charge in [0.2, 0.25) is 0 Å². The Labute approximate surface area is 97.0 Å². The van der Waals surface area contributed by atoms with Gasteiger partial charge in [-0.3, -0.25) is 0 Å². The van der Waals surface area contributed by atoms with Crippen molar-refractivity contribution < 1.29 is 4.74 Å². The number of nitrogens with zero attached hydrogens (tertiary/aromatic N) is 1. The number of ether oxygens (including phenoxy) is 1. The van der Waals surface area contributed by atoms with Gasteiger partial charge in [0.15, 0.2) is 0 Å². The van der Waals surface area contributed by atoms with Crippen LogP contribution in [0.1, 0.15) is 0 Å². The Morgan fingerprint density at radius 1 is 1.25 bits per heavy atom. The fraction of sp³-hybridized carbons (Fsp3) is 0.0833. The number of halogens is 1. The third kappa shape index (κ3) is 1.32. The maximum Gasteiger partial charge on any atom is 0.138 e. The van der Waals surface area contributed by atoms with Crippen molar-refractivity contribution in [2.75, 3.05) is 7.11 Å². The zero-order chi connectivity index (χ0) is 11.1. The third-order valence-corrected chi connectivity index (χ3v) is 2.83. The number of pyridine rings is 1. The molecule has 0 aliphatic rings. The summed E-state index contributed by atoms with van der Waals surface area (Å²) in [5.41, 5.74) is 1.87.